The standard InChI is InChI=1S/C19H28N6O3S/c1-6-10-25-16-9-8-14(29(26,27)23(3)4)11-15(16)20-18(25)12-24(5)13-19-21-17(7-2)22-28-19/h8-9,11H,6-7,10,12-13H2,1-5H3. The SMILES string of the molecule is CCCn1c(CN(C)Cc2nc(CC)no2)nc2cc(S(=O)(=O)N(C)C)ccc21. The van der Waals surface area contributed by atoms with E-state index in [-0.39, 0.29) is 4.90 Å². The van der Waals surface area contributed by atoms with Crippen molar-refractivity contribution in [2.45, 2.75) is 51.2 Å². The van der Waals surface area contributed by atoms with Gasteiger partial charge in [-0.2, -0.15) is 4.98 Å². The molecule has 0 aliphatic rings. The minimum absolute atomic E-state index is 0.244. The number of nitrogens with zero attached hydrogens (tertiary/aromatic N) is 6. The summed E-state index contributed by atoms with van der Waals surface area (Å²) in [6.45, 7) is 5.99. The van der Waals surface area contributed by atoms with Crippen molar-refractivity contribution in [1.82, 2.24) is 28.9 Å². The molecule has 0 aliphatic heterocycles. The molecule has 0 saturated heterocycles. The van der Waals surface area contributed by atoms with Crippen molar-refractivity contribution in [2.24, 2.45) is 0 Å². The van der Waals surface area contributed by atoms with E-state index < -0.39 is 10.0 Å². The third-order valence-electron chi connectivity index (χ3n) is 4.67. The maximum absolute atomic E-state index is 12.5. The number of aryl methyl sites for hydroxylation is 2. The number of rotatable bonds is 9. The maximum atomic E-state index is 12.5. The van der Waals surface area contributed by atoms with Crippen LogP contribution in [0.15, 0.2) is 27.6 Å². The van der Waals surface area contributed by atoms with E-state index in [4.69, 9.17) is 9.51 Å². The zero-order valence-electron chi connectivity index (χ0n) is 17.6. The predicted octanol–water partition coefficient (Wildman–Crippen LogP) is 2.27. The minimum atomic E-state index is -3.50. The Labute approximate surface area is 171 Å². The van der Waals surface area contributed by atoms with Gasteiger partial charge in [0.25, 0.3) is 0 Å². The van der Waals surface area contributed by atoms with Crippen LogP contribution in [-0.2, 0) is 36.1 Å². The van der Waals surface area contributed by atoms with E-state index in [9.17, 15) is 8.42 Å². The number of benzene rings is 1. The van der Waals surface area contributed by atoms with Crippen LogP contribution in [0.1, 0.15) is 37.8 Å². The fourth-order valence-electron chi connectivity index (χ4n) is 3.15. The molecule has 0 amide bonds. The first-order chi connectivity index (χ1) is 13.8. The van der Waals surface area contributed by atoms with Crippen LogP contribution in [-0.4, -0.2) is 58.5 Å². The summed E-state index contributed by atoms with van der Waals surface area (Å²) >= 11 is 0. The number of imidazole rings is 1. The Bertz CT molecular complexity index is 1090. The van der Waals surface area contributed by atoms with Gasteiger partial charge in [-0.15, -0.1) is 0 Å². The maximum Gasteiger partial charge on any atom is 0.242 e. The Morgan fingerprint density at radius 1 is 1.10 bits per heavy atom. The first kappa shape index (κ1) is 21.4. The van der Waals surface area contributed by atoms with Crippen molar-refractivity contribution >= 4 is 21.1 Å². The Hall–Kier alpha value is -2.30. The highest BCUT2D eigenvalue weighted by Crippen LogP contribution is 2.23. The molecule has 0 saturated carbocycles. The van der Waals surface area contributed by atoms with Crippen LogP contribution in [0.3, 0.4) is 0 Å². The molecule has 0 fully saturated rings. The van der Waals surface area contributed by atoms with E-state index in [1.807, 2.05) is 20.0 Å². The molecule has 158 valence electrons. The fourth-order valence-corrected chi connectivity index (χ4v) is 4.07. The molecular weight excluding hydrogens is 392 g/mol. The van der Waals surface area contributed by atoms with E-state index in [2.05, 4.69) is 26.5 Å². The zero-order chi connectivity index (χ0) is 21.2. The van der Waals surface area contributed by atoms with Gasteiger partial charge in [-0.05, 0) is 31.7 Å². The summed E-state index contributed by atoms with van der Waals surface area (Å²) in [6, 6.07) is 5.12. The largest absolute Gasteiger partial charge is 0.338 e. The Morgan fingerprint density at radius 2 is 1.86 bits per heavy atom. The normalized spacial score (nSPS) is 12.5. The van der Waals surface area contributed by atoms with Crippen LogP contribution in [0.5, 0.6) is 0 Å². The van der Waals surface area contributed by atoms with Crippen LogP contribution in [0.2, 0.25) is 0 Å². The average molecular weight is 421 g/mol. The number of hydrogen-bond donors (Lipinski definition) is 0. The lowest BCUT2D eigenvalue weighted by Gasteiger charge is -2.15. The molecule has 0 radical (unpaired) electrons. The van der Waals surface area contributed by atoms with Crippen molar-refractivity contribution in [2.75, 3.05) is 21.1 Å². The highest BCUT2D eigenvalue weighted by atomic mass is 32.2. The molecule has 0 aliphatic carbocycles. The third kappa shape index (κ3) is 4.49. The molecule has 2 aromatic heterocycles. The Balaban J connectivity index is 1.90. The highest BCUT2D eigenvalue weighted by molar-refractivity contribution is 7.89. The summed E-state index contributed by atoms with van der Waals surface area (Å²) in [7, 11) is 1.51. The summed E-state index contributed by atoms with van der Waals surface area (Å²) < 4.78 is 33.5. The van der Waals surface area contributed by atoms with Crippen LogP contribution in [0.4, 0.5) is 0 Å². The molecule has 0 N–H and O–H groups in total. The van der Waals surface area contributed by atoms with Crippen LogP contribution in [0, 0.1) is 0 Å². The van der Waals surface area contributed by atoms with Crippen molar-refractivity contribution in [3.05, 3.63) is 35.7 Å². The summed E-state index contributed by atoms with van der Waals surface area (Å²) in [5, 5.41) is 3.93. The molecule has 0 spiro atoms. The zero-order valence-corrected chi connectivity index (χ0v) is 18.4. The smallest absolute Gasteiger partial charge is 0.242 e. The first-order valence-corrected chi connectivity index (χ1v) is 11.1. The van der Waals surface area contributed by atoms with Crippen molar-refractivity contribution < 1.29 is 12.9 Å². The van der Waals surface area contributed by atoms with E-state index in [0.717, 1.165) is 30.7 Å². The second-order valence-corrected chi connectivity index (χ2v) is 9.40. The topological polar surface area (TPSA) is 97.4 Å². The van der Waals surface area contributed by atoms with Crippen molar-refractivity contribution in [3.8, 4) is 0 Å². The van der Waals surface area contributed by atoms with Crippen molar-refractivity contribution in [3.63, 3.8) is 0 Å². The monoisotopic (exact) mass is 420 g/mol. The van der Waals surface area contributed by atoms with Gasteiger partial charge < -0.3 is 9.09 Å². The number of hydrogen-bond acceptors (Lipinski definition) is 7. The van der Waals surface area contributed by atoms with Crippen LogP contribution in [0.25, 0.3) is 11.0 Å². The van der Waals surface area contributed by atoms with Gasteiger partial charge in [0, 0.05) is 27.1 Å². The lowest BCUT2D eigenvalue weighted by Crippen LogP contribution is -2.22. The van der Waals surface area contributed by atoms with E-state index >= 15 is 0 Å². The molecule has 3 rings (SSSR count). The molecule has 10 heteroatoms. The predicted molar refractivity (Wildman–Crippen MR) is 110 cm³/mol. The van der Waals surface area contributed by atoms with Gasteiger partial charge in [0.1, 0.15) is 5.82 Å². The molecule has 0 atom stereocenters. The fraction of sp³-hybridized carbons (Fsp3) is 0.526. The lowest BCUT2D eigenvalue weighted by molar-refractivity contribution is 0.253. The Kier molecular flexibility index (Phi) is 6.35. The molecule has 9 nitrogen and oxygen atoms in total. The van der Waals surface area contributed by atoms with Gasteiger partial charge in [-0.3, -0.25) is 4.90 Å². The van der Waals surface area contributed by atoms with Gasteiger partial charge in [0.15, 0.2) is 5.82 Å². The number of aromatic nitrogens is 4. The summed E-state index contributed by atoms with van der Waals surface area (Å²) in [4.78, 5) is 11.4. The molecule has 0 unspecified atom stereocenters. The van der Waals surface area contributed by atoms with Gasteiger partial charge >= 0.3 is 0 Å². The van der Waals surface area contributed by atoms with Gasteiger partial charge in [-0.25, -0.2) is 17.7 Å². The second-order valence-electron chi connectivity index (χ2n) is 7.25. The van der Waals surface area contributed by atoms with Gasteiger partial charge in [0.05, 0.1) is 29.0 Å². The van der Waals surface area contributed by atoms with Crippen molar-refractivity contribution in [1.29, 1.82) is 0 Å². The van der Waals surface area contributed by atoms with E-state index in [1.165, 1.54) is 18.4 Å². The molecule has 1 aromatic carbocycles. The van der Waals surface area contributed by atoms with Gasteiger partial charge in [0.2, 0.25) is 15.9 Å². The molecule has 3 aromatic rings. The summed E-state index contributed by atoms with van der Waals surface area (Å²) in [5.74, 6) is 2.14. The summed E-state index contributed by atoms with van der Waals surface area (Å²) in [5.41, 5.74) is 1.61. The van der Waals surface area contributed by atoms with E-state index in [1.54, 1.807) is 12.1 Å². The highest BCUT2D eigenvalue weighted by Gasteiger charge is 2.20. The summed E-state index contributed by atoms with van der Waals surface area (Å²) in [6.07, 6.45) is 1.68. The van der Waals surface area contributed by atoms with Crippen LogP contribution < -0.4 is 0 Å². The van der Waals surface area contributed by atoms with E-state index in [0.29, 0.717) is 30.3 Å². The number of sulfonamides is 1. The van der Waals surface area contributed by atoms with Gasteiger partial charge in [-0.1, -0.05) is 19.0 Å². The molecule has 29 heavy (non-hydrogen) atoms. The molecule has 0 bridgehead atoms. The molecule has 2 heterocycles. The second kappa shape index (κ2) is 8.60. The molecular formula is C19H28N6O3S. The average Bonchev–Trinajstić information content (AvgIpc) is 3.26. The Morgan fingerprint density at radius 3 is 2.48 bits per heavy atom. The quantitative estimate of drug-likeness (QED) is 0.524. The number of fused-ring (bicyclic) bond motifs is 1. The lowest BCUT2D eigenvalue weighted by atomic mass is 10.3. The first-order valence-electron chi connectivity index (χ1n) is 9.68. The van der Waals surface area contributed by atoms with Crippen LogP contribution >= 0.6 is 0 Å². The minimum Gasteiger partial charge on any atom is -0.338 e. The third-order valence-corrected chi connectivity index (χ3v) is 6.48.